The highest BCUT2D eigenvalue weighted by atomic mass is 16.2. The number of aryl methyl sites for hydroxylation is 1. The lowest BCUT2D eigenvalue weighted by Crippen LogP contribution is -2.47. The average Bonchev–Trinajstić information content (AvgIpc) is 2.63. The molecule has 96 valence electrons. The van der Waals surface area contributed by atoms with Crippen molar-refractivity contribution in [1.29, 1.82) is 5.26 Å². The molecule has 0 bridgehead atoms. The number of nitriles is 1. The Morgan fingerprint density at radius 3 is 2.83 bits per heavy atom. The van der Waals surface area contributed by atoms with Crippen molar-refractivity contribution in [3.63, 3.8) is 0 Å². The number of carbonyl (C=O) groups excluding carboxylic acids is 1. The first-order valence-corrected chi connectivity index (χ1v) is 6.15. The minimum absolute atomic E-state index is 0.147. The molecule has 18 heavy (non-hydrogen) atoms. The monoisotopic (exact) mass is 246 g/mol. The molecular formula is C13H18N4O. The first kappa shape index (κ1) is 12.6. The predicted molar refractivity (Wildman–Crippen MR) is 66.2 cm³/mol. The zero-order valence-corrected chi connectivity index (χ0v) is 11.0. The second-order valence-electron chi connectivity index (χ2n) is 5.27. The second-order valence-corrected chi connectivity index (χ2v) is 5.27. The fourth-order valence-corrected chi connectivity index (χ4v) is 2.52. The molecule has 1 heterocycles. The Labute approximate surface area is 107 Å². The first-order chi connectivity index (χ1) is 8.48. The molecule has 1 aliphatic carbocycles. The van der Waals surface area contributed by atoms with Gasteiger partial charge in [-0.15, -0.1) is 0 Å². The van der Waals surface area contributed by atoms with Crippen LogP contribution in [0.1, 0.15) is 31.0 Å². The summed E-state index contributed by atoms with van der Waals surface area (Å²) in [6.45, 7) is 4.46. The van der Waals surface area contributed by atoms with E-state index in [4.69, 9.17) is 5.26 Å². The van der Waals surface area contributed by atoms with Crippen LogP contribution in [0.5, 0.6) is 0 Å². The Morgan fingerprint density at radius 1 is 1.72 bits per heavy atom. The summed E-state index contributed by atoms with van der Waals surface area (Å²) < 4.78 is 1.77. The maximum absolute atomic E-state index is 12.1. The SMILES string of the molecule is Cc1c(CNC(=O)C2(C#N)CC(C)C2)cnn1C. The van der Waals surface area contributed by atoms with E-state index in [9.17, 15) is 4.79 Å². The van der Waals surface area contributed by atoms with Gasteiger partial charge < -0.3 is 5.32 Å². The van der Waals surface area contributed by atoms with Crippen LogP contribution in [0.2, 0.25) is 0 Å². The van der Waals surface area contributed by atoms with E-state index in [0.717, 1.165) is 11.3 Å². The van der Waals surface area contributed by atoms with Crippen LogP contribution in [-0.2, 0) is 18.4 Å². The Morgan fingerprint density at radius 2 is 2.39 bits per heavy atom. The Kier molecular flexibility index (Phi) is 3.12. The molecule has 0 atom stereocenters. The van der Waals surface area contributed by atoms with Crippen molar-refractivity contribution in [2.24, 2.45) is 18.4 Å². The van der Waals surface area contributed by atoms with Crippen LogP contribution in [0.15, 0.2) is 6.20 Å². The molecule has 0 aromatic carbocycles. The van der Waals surface area contributed by atoms with Gasteiger partial charge in [-0.05, 0) is 25.7 Å². The van der Waals surface area contributed by atoms with Crippen LogP contribution in [0.25, 0.3) is 0 Å². The largest absolute Gasteiger partial charge is 0.351 e. The van der Waals surface area contributed by atoms with Gasteiger partial charge in [0.25, 0.3) is 0 Å². The smallest absolute Gasteiger partial charge is 0.240 e. The molecule has 1 amide bonds. The van der Waals surface area contributed by atoms with Gasteiger partial charge in [0.15, 0.2) is 0 Å². The molecule has 0 saturated heterocycles. The Hall–Kier alpha value is -1.83. The molecule has 0 aliphatic heterocycles. The van der Waals surface area contributed by atoms with Gasteiger partial charge in [-0.25, -0.2) is 0 Å². The topological polar surface area (TPSA) is 70.7 Å². The van der Waals surface area contributed by atoms with Crippen LogP contribution in [0.4, 0.5) is 0 Å². The first-order valence-electron chi connectivity index (χ1n) is 6.15. The lowest BCUT2D eigenvalue weighted by Gasteiger charge is -2.39. The molecule has 1 fully saturated rings. The number of hydrogen-bond donors (Lipinski definition) is 1. The summed E-state index contributed by atoms with van der Waals surface area (Å²) in [5.74, 6) is 0.321. The van der Waals surface area contributed by atoms with Crippen molar-refractivity contribution >= 4 is 5.91 Å². The van der Waals surface area contributed by atoms with Gasteiger partial charge in [-0.1, -0.05) is 6.92 Å². The molecule has 0 spiro atoms. The van der Waals surface area contributed by atoms with Crippen LogP contribution in [-0.4, -0.2) is 15.7 Å². The highest BCUT2D eigenvalue weighted by Gasteiger charge is 2.48. The van der Waals surface area contributed by atoms with Gasteiger partial charge in [0.2, 0.25) is 5.91 Å². The van der Waals surface area contributed by atoms with E-state index >= 15 is 0 Å². The number of aromatic nitrogens is 2. The van der Waals surface area contributed by atoms with E-state index in [2.05, 4.69) is 23.4 Å². The summed E-state index contributed by atoms with van der Waals surface area (Å²) in [6, 6.07) is 2.17. The van der Waals surface area contributed by atoms with Gasteiger partial charge in [-0.2, -0.15) is 10.4 Å². The van der Waals surface area contributed by atoms with Gasteiger partial charge in [0, 0.05) is 24.8 Å². The Balaban J connectivity index is 1.97. The average molecular weight is 246 g/mol. The standard InChI is InChI=1S/C13H18N4O/c1-9-4-13(5-9,8-14)12(18)15-6-11-7-16-17(3)10(11)2/h7,9H,4-6H2,1-3H3,(H,15,18). The molecule has 1 saturated carbocycles. The van der Waals surface area contributed by atoms with Crippen LogP contribution < -0.4 is 5.32 Å². The molecule has 1 aliphatic rings. The van der Waals surface area contributed by atoms with Crippen molar-refractivity contribution in [2.75, 3.05) is 0 Å². The van der Waals surface area contributed by atoms with Crippen LogP contribution in [0.3, 0.4) is 0 Å². The highest BCUT2D eigenvalue weighted by molar-refractivity contribution is 5.86. The fraction of sp³-hybridized carbons (Fsp3) is 0.615. The van der Waals surface area contributed by atoms with E-state index in [1.54, 1.807) is 10.9 Å². The summed E-state index contributed by atoms with van der Waals surface area (Å²) in [6.07, 6.45) is 3.08. The van der Waals surface area contributed by atoms with E-state index in [-0.39, 0.29) is 5.91 Å². The number of nitrogens with zero attached hydrogens (tertiary/aromatic N) is 3. The molecule has 2 rings (SSSR count). The van der Waals surface area contributed by atoms with Crippen molar-refractivity contribution in [3.05, 3.63) is 17.5 Å². The minimum Gasteiger partial charge on any atom is -0.351 e. The lowest BCUT2D eigenvalue weighted by atomic mass is 9.63. The molecule has 5 heteroatoms. The quantitative estimate of drug-likeness (QED) is 0.873. The van der Waals surface area contributed by atoms with Gasteiger partial charge in [-0.3, -0.25) is 9.48 Å². The van der Waals surface area contributed by atoms with Crippen LogP contribution >= 0.6 is 0 Å². The third-order valence-electron chi connectivity index (χ3n) is 3.82. The summed E-state index contributed by atoms with van der Waals surface area (Å²) in [4.78, 5) is 12.1. The zero-order valence-electron chi connectivity index (χ0n) is 11.0. The zero-order chi connectivity index (χ0) is 13.3. The molecule has 1 N–H and O–H groups in total. The number of hydrogen-bond acceptors (Lipinski definition) is 3. The third-order valence-corrected chi connectivity index (χ3v) is 3.82. The number of nitrogens with one attached hydrogen (secondary N) is 1. The minimum atomic E-state index is -0.796. The van der Waals surface area contributed by atoms with E-state index in [0.29, 0.717) is 25.3 Å². The molecular weight excluding hydrogens is 228 g/mol. The van der Waals surface area contributed by atoms with E-state index in [1.807, 2.05) is 14.0 Å². The fourth-order valence-electron chi connectivity index (χ4n) is 2.52. The lowest BCUT2D eigenvalue weighted by molar-refractivity contribution is -0.134. The maximum Gasteiger partial charge on any atom is 0.240 e. The molecule has 1 aromatic heterocycles. The van der Waals surface area contributed by atoms with Crippen LogP contribution in [0, 0.1) is 29.6 Å². The number of carbonyl (C=O) groups is 1. The highest BCUT2D eigenvalue weighted by Crippen LogP contribution is 2.45. The molecule has 0 radical (unpaired) electrons. The molecule has 0 unspecified atom stereocenters. The number of amides is 1. The van der Waals surface area contributed by atoms with Crippen molar-refractivity contribution in [1.82, 2.24) is 15.1 Å². The van der Waals surface area contributed by atoms with Gasteiger partial charge >= 0.3 is 0 Å². The maximum atomic E-state index is 12.1. The summed E-state index contributed by atoms with van der Waals surface area (Å²) in [7, 11) is 1.87. The molecule has 1 aromatic rings. The summed E-state index contributed by atoms with van der Waals surface area (Å²) in [5.41, 5.74) is 1.23. The normalized spacial score (nSPS) is 26.2. The van der Waals surface area contributed by atoms with E-state index < -0.39 is 5.41 Å². The second kappa shape index (κ2) is 4.45. The third kappa shape index (κ3) is 1.99. The predicted octanol–water partition coefficient (Wildman–Crippen LogP) is 1.28. The molecule has 5 nitrogen and oxygen atoms in total. The van der Waals surface area contributed by atoms with E-state index in [1.165, 1.54) is 0 Å². The van der Waals surface area contributed by atoms with Gasteiger partial charge in [0.1, 0.15) is 5.41 Å². The van der Waals surface area contributed by atoms with Crippen molar-refractivity contribution < 1.29 is 4.79 Å². The van der Waals surface area contributed by atoms with Crippen molar-refractivity contribution in [3.8, 4) is 6.07 Å². The number of rotatable bonds is 3. The summed E-state index contributed by atoms with van der Waals surface area (Å²) in [5, 5.41) is 16.1. The Bertz CT molecular complexity index is 506. The van der Waals surface area contributed by atoms with Crippen molar-refractivity contribution in [2.45, 2.75) is 33.2 Å². The van der Waals surface area contributed by atoms with Gasteiger partial charge in [0.05, 0.1) is 12.3 Å². The summed E-state index contributed by atoms with van der Waals surface area (Å²) >= 11 is 0.